The number of ether oxygens (including phenoxy) is 2. The lowest BCUT2D eigenvalue weighted by Crippen LogP contribution is -2.53. The van der Waals surface area contributed by atoms with Crippen LogP contribution in [0.3, 0.4) is 0 Å². The molecule has 0 aromatic heterocycles. The lowest BCUT2D eigenvalue weighted by atomic mass is 10.1. The van der Waals surface area contributed by atoms with Gasteiger partial charge in [0.1, 0.15) is 18.4 Å². The Labute approximate surface area is 203 Å². The van der Waals surface area contributed by atoms with Crippen molar-refractivity contribution in [3.63, 3.8) is 0 Å². The monoisotopic (exact) mass is 478 g/mol. The molecule has 0 radical (unpaired) electrons. The first kappa shape index (κ1) is 24.5. The Morgan fingerprint density at radius 3 is 2.24 bits per heavy atom. The van der Waals surface area contributed by atoms with Crippen molar-refractivity contribution in [2.45, 2.75) is 19.1 Å². The first-order valence-electron chi connectivity index (χ1n) is 10.6. The first-order chi connectivity index (χ1) is 16.5. The molecule has 34 heavy (non-hydrogen) atoms. The summed E-state index contributed by atoms with van der Waals surface area (Å²) in [6.07, 6.45) is -0.428. The number of alkyl carbamates (subject to hydrolysis) is 1. The van der Waals surface area contributed by atoms with Gasteiger partial charge in [0.15, 0.2) is 5.11 Å². The molecule has 0 saturated heterocycles. The summed E-state index contributed by atoms with van der Waals surface area (Å²) in [5, 5.41) is 5.76. The van der Waals surface area contributed by atoms with Gasteiger partial charge in [-0.15, -0.1) is 0 Å². The van der Waals surface area contributed by atoms with E-state index in [9.17, 15) is 9.59 Å². The fourth-order valence-electron chi connectivity index (χ4n) is 3.03. The van der Waals surface area contributed by atoms with E-state index in [-0.39, 0.29) is 18.1 Å². The van der Waals surface area contributed by atoms with E-state index in [0.717, 1.165) is 11.1 Å². The predicted molar refractivity (Wildman–Crippen MR) is 134 cm³/mol. The van der Waals surface area contributed by atoms with Crippen molar-refractivity contribution in [1.82, 2.24) is 16.2 Å². The van der Waals surface area contributed by atoms with Crippen molar-refractivity contribution in [2.24, 2.45) is 0 Å². The highest BCUT2D eigenvalue weighted by Gasteiger charge is 2.22. The molecule has 0 saturated carbocycles. The molecule has 0 aliphatic carbocycles. The quantitative estimate of drug-likeness (QED) is 0.290. The van der Waals surface area contributed by atoms with Crippen molar-refractivity contribution >= 4 is 35.0 Å². The van der Waals surface area contributed by atoms with Crippen molar-refractivity contribution in [3.8, 4) is 5.75 Å². The summed E-state index contributed by atoms with van der Waals surface area (Å²) in [5.41, 5.74) is 7.60. The van der Waals surface area contributed by atoms with Crippen molar-refractivity contribution in [3.05, 3.63) is 96.1 Å². The fourth-order valence-corrected chi connectivity index (χ4v) is 3.20. The van der Waals surface area contributed by atoms with Gasteiger partial charge in [-0.2, -0.15) is 0 Å². The third-order valence-electron chi connectivity index (χ3n) is 4.73. The molecular formula is C25H26N4O4S. The number of methoxy groups -OCH3 is 1. The van der Waals surface area contributed by atoms with Gasteiger partial charge >= 0.3 is 6.09 Å². The Balaban J connectivity index is 1.57. The molecule has 9 heteroatoms. The largest absolute Gasteiger partial charge is 0.497 e. The summed E-state index contributed by atoms with van der Waals surface area (Å²) in [5.74, 6) is 0.188. The number of hydrazine groups is 1. The van der Waals surface area contributed by atoms with Gasteiger partial charge in [0.25, 0.3) is 5.91 Å². The zero-order valence-corrected chi connectivity index (χ0v) is 19.4. The molecule has 0 aliphatic heterocycles. The molecule has 2 amide bonds. The Morgan fingerprint density at radius 2 is 1.56 bits per heavy atom. The highest BCUT2D eigenvalue weighted by atomic mass is 32.1. The highest BCUT2D eigenvalue weighted by molar-refractivity contribution is 7.80. The van der Waals surface area contributed by atoms with Gasteiger partial charge in [0.2, 0.25) is 0 Å². The first-order valence-corrected chi connectivity index (χ1v) is 11.0. The zero-order chi connectivity index (χ0) is 24.2. The number of rotatable bonds is 8. The van der Waals surface area contributed by atoms with E-state index in [0.29, 0.717) is 11.4 Å². The van der Waals surface area contributed by atoms with E-state index >= 15 is 0 Å². The minimum Gasteiger partial charge on any atom is -0.497 e. The number of thiocarbonyl (C=S) groups is 1. The van der Waals surface area contributed by atoms with E-state index in [2.05, 4.69) is 21.5 Å². The van der Waals surface area contributed by atoms with Gasteiger partial charge in [-0.05, 0) is 35.5 Å². The summed E-state index contributed by atoms with van der Waals surface area (Å²) in [6, 6.07) is 24.9. The second-order valence-corrected chi connectivity index (χ2v) is 7.66. The lowest BCUT2D eigenvalue weighted by molar-refractivity contribution is -0.123. The molecule has 0 heterocycles. The van der Waals surface area contributed by atoms with E-state index in [4.69, 9.17) is 21.7 Å². The van der Waals surface area contributed by atoms with E-state index in [1.54, 1.807) is 25.3 Å². The van der Waals surface area contributed by atoms with Crippen LogP contribution in [-0.2, 0) is 22.6 Å². The molecule has 0 aliphatic rings. The maximum absolute atomic E-state index is 12.9. The van der Waals surface area contributed by atoms with Crippen LogP contribution in [0.15, 0.2) is 84.9 Å². The van der Waals surface area contributed by atoms with E-state index < -0.39 is 18.0 Å². The molecule has 0 spiro atoms. The molecule has 3 aromatic carbocycles. The standard InChI is InChI=1S/C25H26N4O4S/c1-32-21-14-8-13-20(16-21)26-24(34)29-28-23(30)22(15-18-9-4-2-5-10-18)27-25(31)33-17-19-11-6-3-7-12-19/h2-14,16,22H,15,17H2,1H3,(H,27,31)(H,28,30)(H2,26,29,34). The van der Waals surface area contributed by atoms with Crippen LogP contribution in [0.2, 0.25) is 0 Å². The second kappa shape index (κ2) is 12.8. The van der Waals surface area contributed by atoms with Crippen LogP contribution in [-0.4, -0.2) is 30.3 Å². The van der Waals surface area contributed by atoms with Gasteiger partial charge in [-0.25, -0.2) is 4.79 Å². The van der Waals surface area contributed by atoms with Crippen LogP contribution in [0, 0.1) is 0 Å². The molecule has 1 unspecified atom stereocenters. The molecular weight excluding hydrogens is 452 g/mol. The molecule has 3 aromatic rings. The molecule has 0 bridgehead atoms. The second-order valence-electron chi connectivity index (χ2n) is 7.25. The summed E-state index contributed by atoms with van der Waals surface area (Å²) in [7, 11) is 1.57. The number of hydrogen-bond donors (Lipinski definition) is 4. The average molecular weight is 479 g/mol. The molecule has 4 N–H and O–H groups in total. The summed E-state index contributed by atoms with van der Waals surface area (Å²) < 4.78 is 10.5. The van der Waals surface area contributed by atoms with Crippen molar-refractivity contribution in [2.75, 3.05) is 12.4 Å². The fraction of sp³-hybridized carbons (Fsp3) is 0.160. The number of carbonyl (C=O) groups is 2. The predicted octanol–water partition coefficient (Wildman–Crippen LogP) is 3.55. The van der Waals surface area contributed by atoms with Crippen LogP contribution < -0.4 is 26.2 Å². The Hall–Kier alpha value is -4.11. The van der Waals surface area contributed by atoms with Crippen molar-refractivity contribution < 1.29 is 19.1 Å². The topological polar surface area (TPSA) is 101 Å². The van der Waals surface area contributed by atoms with E-state index in [1.165, 1.54) is 0 Å². The normalized spacial score (nSPS) is 11.0. The minimum absolute atomic E-state index is 0.0964. The Kier molecular flexibility index (Phi) is 9.24. The van der Waals surface area contributed by atoms with E-state index in [1.807, 2.05) is 66.7 Å². The number of hydrogen-bond acceptors (Lipinski definition) is 5. The molecule has 0 fully saturated rings. The van der Waals surface area contributed by atoms with Gasteiger partial charge in [0.05, 0.1) is 7.11 Å². The van der Waals surface area contributed by atoms with Crippen LogP contribution >= 0.6 is 12.2 Å². The number of amides is 2. The molecule has 8 nitrogen and oxygen atoms in total. The zero-order valence-electron chi connectivity index (χ0n) is 18.6. The third kappa shape index (κ3) is 8.10. The Bertz CT molecular complexity index is 1100. The van der Waals surface area contributed by atoms with Crippen LogP contribution in [0.5, 0.6) is 5.75 Å². The number of carbonyl (C=O) groups excluding carboxylic acids is 2. The SMILES string of the molecule is COc1cccc(NC(=S)NNC(=O)C(Cc2ccccc2)NC(=O)OCc2ccccc2)c1. The third-order valence-corrected chi connectivity index (χ3v) is 4.93. The van der Waals surface area contributed by atoms with Gasteiger partial charge in [-0.3, -0.25) is 15.6 Å². The Morgan fingerprint density at radius 1 is 0.882 bits per heavy atom. The van der Waals surface area contributed by atoms with Crippen LogP contribution in [0.4, 0.5) is 10.5 Å². The van der Waals surface area contributed by atoms with Crippen LogP contribution in [0.25, 0.3) is 0 Å². The maximum atomic E-state index is 12.9. The average Bonchev–Trinajstić information content (AvgIpc) is 2.87. The number of anilines is 1. The van der Waals surface area contributed by atoms with Gasteiger partial charge in [-0.1, -0.05) is 66.7 Å². The smallest absolute Gasteiger partial charge is 0.408 e. The molecule has 176 valence electrons. The maximum Gasteiger partial charge on any atom is 0.408 e. The number of benzene rings is 3. The summed E-state index contributed by atoms with van der Waals surface area (Å²) in [6.45, 7) is 0.0964. The summed E-state index contributed by atoms with van der Waals surface area (Å²) >= 11 is 5.24. The van der Waals surface area contributed by atoms with Crippen molar-refractivity contribution in [1.29, 1.82) is 0 Å². The van der Waals surface area contributed by atoms with Crippen LogP contribution in [0.1, 0.15) is 11.1 Å². The highest BCUT2D eigenvalue weighted by Crippen LogP contribution is 2.16. The number of nitrogens with one attached hydrogen (secondary N) is 4. The minimum atomic E-state index is -0.891. The summed E-state index contributed by atoms with van der Waals surface area (Å²) in [4.78, 5) is 25.2. The molecule has 3 rings (SSSR count). The molecule has 1 atom stereocenters. The van der Waals surface area contributed by atoms with Gasteiger partial charge in [0, 0.05) is 18.2 Å². The lowest BCUT2D eigenvalue weighted by Gasteiger charge is -2.19. The van der Waals surface area contributed by atoms with Gasteiger partial charge < -0.3 is 20.1 Å².